The fraction of sp³-hybridized carbons (Fsp3) is 0.222. The van der Waals surface area contributed by atoms with Crippen molar-refractivity contribution in [1.82, 2.24) is 5.32 Å². The Morgan fingerprint density at radius 2 is 2.16 bits per heavy atom. The number of phenolic OH excluding ortho intramolecular Hbond substituents is 1. The zero-order valence-corrected chi connectivity index (χ0v) is 14.7. The number of aromatic hydroxyl groups is 1. The molecule has 2 N–H and O–H groups in total. The maximum atomic E-state index is 11.9. The molecule has 7 heteroatoms. The lowest BCUT2D eigenvalue weighted by atomic mass is 10.2. The molecule has 132 valence electrons. The molecule has 6 nitrogen and oxygen atoms in total. The largest absolute Gasteiger partial charge is 0.504 e. The smallest absolute Gasteiger partial charge is 0.331 e. The van der Waals surface area contributed by atoms with Gasteiger partial charge >= 0.3 is 5.97 Å². The number of nitrogens with one attached hydrogen (secondary N) is 1. The third-order valence-electron chi connectivity index (χ3n) is 3.29. The van der Waals surface area contributed by atoms with Gasteiger partial charge < -0.3 is 19.9 Å². The van der Waals surface area contributed by atoms with Crippen molar-refractivity contribution in [3.63, 3.8) is 0 Å². The molecule has 1 aromatic carbocycles. The van der Waals surface area contributed by atoms with E-state index in [0.29, 0.717) is 17.9 Å². The number of esters is 1. The topological polar surface area (TPSA) is 84.9 Å². The van der Waals surface area contributed by atoms with Crippen LogP contribution in [0, 0.1) is 0 Å². The molecular weight excluding hydrogens is 342 g/mol. The van der Waals surface area contributed by atoms with E-state index in [0.717, 1.165) is 4.88 Å². The molecule has 1 heterocycles. The fourth-order valence-electron chi connectivity index (χ4n) is 1.96. The fourth-order valence-corrected chi connectivity index (χ4v) is 2.60. The van der Waals surface area contributed by atoms with Crippen LogP contribution in [0.15, 0.2) is 41.8 Å². The second-order valence-electron chi connectivity index (χ2n) is 5.14. The lowest BCUT2D eigenvalue weighted by Gasteiger charge is -2.11. The highest BCUT2D eigenvalue weighted by Gasteiger charge is 2.16. The molecule has 1 atom stereocenters. The Bertz CT molecular complexity index is 755. The third-order valence-corrected chi connectivity index (χ3v) is 4.17. The molecule has 2 aromatic rings. The Labute approximate surface area is 149 Å². The normalized spacial score (nSPS) is 11.9. The maximum absolute atomic E-state index is 11.9. The average molecular weight is 361 g/mol. The molecule has 1 amide bonds. The molecule has 2 rings (SSSR count). The van der Waals surface area contributed by atoms with Gasteiger partial charge in [-0.25, -0.2) is 4.79 Å². The van der Waals surface area contributed by atoms with Gasteiger partial charge in [0.2, 0.25) is 0 Å². The summed E-state index contributed by atoms with van der Waals surface area (Å²) in [6.45, 7) is 1.92. The number of amides is 1. The monoisotopic (exact) mass is 361 g/mol. The number of rotatable bonds is 7. The molecule has 0 saturated carbocycles. The molecule has 0 aliphatic carbocycles. The summed E-state index contributed by atoms with van der Waals surface area (Å²) < 4.78 is 10.1. The standard InChI is InChI=1S/C18H19NO5S/c1-12(18(22)19-11-14-4-3-9-25-14)24-17(21)8-6-13-5-7-15(20)16(10-13)23-2/h3-10,12,20H,11H2,1-2H3,(H,19,22)/b8-6+. The third kappa shape index (κ3) is 5.65. The summed E-state index contributed by atoms with van der Waals surface area (Å²) in [5.74, 6) is -0.678. The Morgan fingerprint density at radius 1 is 1.36 bits per heavy atom. The number of hydrogen-bond donors (Lipinski definition) is 2. The van der Waals surface area contributed by atoms with Crippen LogP contribution in [0.4, 0.5) is 0 Å². The van der Waals surface area contributed by atoms with Gasteiger partial charge in [-0.2, -0.15) is 0 Å². The Morgan fingerprint density at radius 3 is 2.84 bits per heavy atom. The second kappa shape index (κ2) is 8.89. The molecule has 0 bridgehead atoms. The highest BCUT2D eigenvalue weighted by atomic mass is 32.1. The van der Waals surface area contributed by atoms with Crippen LogP contribution in [0.25, 0.3) is 6.08 Å². The molecule has 0 radical (unpaired) electrons. The molecule has 0 saturated heterocycles. The molecule has 0 aliphatic rings. The van der Waals surface area contributed by atoms with Gasteiger partial charge in [-0.1, -0.05) is 12.1 Å². The Kier molecular flexibility index (Phi) is 6.59. The van der Waals surface area contributed by atoms with Crippen LogP contribution < -0.4 is 10.1 Å². The molecule has 1 unspecified atom stereocenters. The van der Waals surface area contributed by atoms with Gasteiger partial charge in [0, 0.05) is 11.0 Å². The minimum atomic E-state index is -0.897. The molecule has 0 fully saturated rings. The first kappa shape index (κ1) is 18.5. The lowest BCUT2D eigenvalue weighted by Crippen LogP contribution is -2.34. The summed E-state index contributed by atoms with van der Waals surface area (Å²) in [5.41, 5.74) is 0.654. The van der Waals surface area contributed by atoms with Crippen LogP contribution in [-0.2, 0) is 20.9 Å². The van der Waals surface area contributed by atoms with E-state index < -0.39 is 12.1 Å². The number of carbonyl (C=O) groups excluding carboxylic acids is 2. The number of benzene rings is 1. The van der Waals surface area contributed by atoms with Crippen LogP contribution >= 0.6 is 11.3 Å². The van der Waals surface area contributed by atoms with Crippen molar-refractivity contribution in [1.29, 1.82) is 0 Å². The first-order chi connectivity index (χ1) is 12.0. The SMILES string of the molecule is COc1cc(/C=C/C(=O)OC(C)C(=O)NCc2cccs2)ccc1O. The predicted molar refractivity (Wildman–Crippen MR) is 95.4 cm³/mol. The predicted octanol–water partition coefficient (Wildman–Crippen LogP) is 2.72. The highest BCUT2D eigenvalue weighted by Crippen LogP contribution is 2.26. The van der Waals surface area contributed by atoms with Crippen LogP contribution in [0.2, 0.25) is 0 Å². The van der Waals surface area contributed by atoms with E-state index in [1.54, 1.807) is 12.1 Å². The van der Waals surface area contributed by atoms with Crippen molar-refractivity contribution in [3.8, 4) is 11.5 Å². The van der Waals surface area contributed by atoms with Crippen LogP contribution in [0.1, 0.15) is 17.4 Å². The second-order valence-corrected chi connectivity index (χ2v) is 6.17. The minimum absolute atomic E-state index is 0.0123. The molecule has 0 spiro atoms. The molecular formula is C18H19NO5S. The number of ether oxygens (including phenoxy) is 2. The maximum Gasteiger partial charge on any atom is 0.331 e. The summed E-state index contributed by atoms with van der Waals surface area (Å²) in [7, 11) is 1.44. The highest BCUT2D eigenvalue weighted by molar-refractivity contribution is 7.09. The van der Waals surface area contributed by atoms with Gasteiger partial charge in [0.1, 0.15) is 0 Å². The quantitative estimate of drug-likeness (QED) is 0.585. The number of hydrogen-bond acceptors (Lipinski definition) is 6. The van der Waals surface area contributed by atoms with Crippen molar-refractivity contribution in [2.45, 2.75) is 19.6 Å². The zero-order chi connectivity index (χ0) is 18.2. The lowest BCUT2D eigenvalue weighted by molar-refractivity contribution is -0.150. The number of methoxy groups -OCH3 is 1. The van der Waals surface area contributed by atoms with E-state index in [-0.39, 0.29) is 11.7 Å². The van der Waals surface area contributed by atoms with Crippen molar-refractivity contribution >= 4 is 29.3 Å². The summed E-state index contributed by atoms with van der Waals surface area (Å²) in [6, 6.07) is 8.48. The van der Waals surface area contributed by atoms with E-state index in [4.69, 9.17) is 9.47 Å². The van der Waals surface area contributed by atoms with Crippen molar-refractivity contribution < 1.29 is 24.2 Å². The zero-order valence-electron chi connectivity index (χ0n) is 13.9. The van der Waals surface area contributed by atoms with Crippen molar-refractivity contribution in [3.05, 3.63) is 52.2 Å². The van der Waals surface area contributed by atoms with Gasteiger partial charge in [-0.05, 0) is 42.1 Å². The summed E-state index contributed by atoms with van der Waals surface area (Å²) >= 11 is 1.54. The van der Waals surface area contributed by atoms with Gasteiger partial charge in [0.15, 0.2) is 17.6 Å². The summed E-state index contributed by atoms with van der Waals surface area (Å²) in [6.07, 6.45) is 1.83. The van der Waals surface area contributed by atoms with Gasteiger partial charge in [-0.3, -0.25) is 4.79 Å². The van der Waals surface area contributed by atoms with Gasteiger partial charge in [0.25, 0.3) is 5.91 Å². The number of phenols is 1. The van der Waals surface area contributed by atoms with E-state index in [1.807, 2.05) is 17.5 Å². The number of carbonyl (C=O) groups is 2. The minimum Gasteiger partial charge on any atom is -0.504 e. The van der Waals surface area contributed by atoms with E-state index in [2.05, 4.69) is 5.32 Å². The first-order valence-corrected chi connectivity index (χ1v) is 8.43. The van der Waals surface area contributed by atoms with Gasteiger partial charge in [0.05, 0.1) is 13.7 Å². The summed E-state index contributed by atoms with van der Waals surface area (Å²) in [5, 5.41) is 14.2. The van der Waals surface area contributed by atoms with Crippen LogP contribution in [-0.4, -0.2) is 30.2 Å². The van der Waals surface area contributed by atoms with Crippen molar-refractivity contribution in [2.24, 2.45) is 0 Å². The Balaban J connectivity index is 1.85. The van der Waals surface area contributed by atoms with Crippen LogP contribution in [0.5, 0.6) is 11.5 Å². The van der Waals surface area contributed by atoms with E-state index in [9.17, 15) is 14.7 Å². The van der Waals surface area contributed by atoms with E-state index in [1.165, 1.54) is 43.6 Å². The van der Waals surface area contributed by atoms with Gasteiger partial charge in [-0.15, -0.1) is 11.3 Å². The van der Waals surface area contributed by atoms with Crippen LogP contribution in [0.3, 0.4) is 0 Å². The summed E-state index contributed by atoms with van der Waals surface area (Å²) in [4.78, 5) is 24.8. The molecule has 25 heavy (non-hydrogen) atoms. The van der Waals surface area contributed by atoms with E-state index >= 15 is 0 Å². The Hall–Kier alpha value is -2.80. The number of thiophene rings is 1. The first-order valence-electron chi connectivity index (χ1n) is 7.55. The molecule has 0 aliphatic heterocycles. The van der Waals surface area contributed by atoms with Crippen molar-refractivity contribution in [2.75, 3.05) is 7.11 Å². The average Bonchev–Trinajstić information content (AvgIpc) is 3.12. The molecule has 1 aromatic heterocycles.